The van der Waals surface area contributed by atoms with E-state index in [0.29, 0.717) is 42.3 Å². The SMILES string of the molecule is CCOCCn1c(=NC(=O)c2ccc(C(C)(C)C)cc2)sc2cc(C(=O)OCC)ccc21. The van der Waals surface area contributed by atoms with Crippen molar-refractivity contribution in [3.8, 4) is 0 Å². The maximum Gasteiger partial charge on any atom is 0.338 e. The smallest absolute Gasteiger partial charge is 0.338 e. The summed E-state index contributed by atoms with van der Waals surface area (Å²) in [6.07, 6.45) is 0. The fourth-order valence-electron chi connectivity index (χ4n) is 3.28. The number of benzene rings is 2. The molecule has 0 bridgehead atoms. The third-order valence-electron chi connectivity index (χ3n) is 5.05. The van der Waals surface area contributed by atoms with Crippen LogP contribution in [0.4, 0.5) is 0 Å². The second-order valence-electron chi connectivity index (χ2n) is 8.38. The molecule has 0 saturated carbocycles. The highest BCUT2D eigenvalue weighted by Gasteiger charge is 2.15. The van der Waals surface area contributed by atoms with Crippen molar-refractivity contribution in [1.82, 2.24) is 4.57 Å². The molecule has 1 heterocycles. The Bertz CT molecular complexity index is 1170. The largest absolute Gasteiger partial charge is 0.462 e. The van der Waals surface area contributed by atoms with Gasteiger partial charge in [0.05, 0.1) is 29.0 Å². The zero-order chi connectivity index (χ0) is 23.3. The lowest BCUT2D eigenvalue weighted by atomic mass is 9.87. The predicted octanol–water partition coefficient (Wildman–Crippen LogP) is 4.95. The van der Waals surface area contributed by atoms with Gasteiger partial charge in [-0.1, -0.05) is 44.2 Å². The van der Waals surface area contributed by atoms with Crippen LogP contribution in [0.15, 0.2) is 47.5 Å². The van der Waals surface area contributed by atoms with Crippen molar-refractivity contribution in [3.05, 3.63) is 64.0 Å². The molecule has 0 aliphatic heterocycles. The molecule has 0 N–H and O–H groups in total. The van der Waals surface area contributed by atoms with Crippen LogP contribution in [0.1, 0.15) is 60.9 Å². The van der Waals surface area contributed by atoms with Crippen molar-refractivity contribution in [3.63, 3.8) is 0 Å². The summed E-state index contributed by atoms with van der Waals surface area (Å²) in [6.45, 7) is 12.1. The number of amides is 1. The van der Waals surface area contributed by atoms with E-state index < -0.39 is 0 Å². The molecule has 0 unspecified atom stereocenters. The average molecular weight is 455 g/mol. The fraction of sp³-hybridized carbons (Fsp3) is 0.400. The van der Waals surface area contributed by atoms with Crippen LogP contribution in [0.3, 0.4) is 0 Å². The monoisotopic (exact) mass is 454 g/mol. The zero-order valence-corrected chi connectivity index (χ0v) is 20.1. The van der Waals surface area contributed by atoms with Gasteiger partial charge in [0.15, 0.2) is 4.80 Å². The number of rotatable bonds is 7. The van der Waals surface area contributed by atoms with Gasteiger partial charge < -0.3 is 14.0 Å². The Morgan fingerprint density at radius 3 is 2.31 bits per heavy atom. The summed E-state index contributed by atoms with van der Waals surface area (Å²) in [4.78, 5) is 30.0. The number of hydrogen-bond donors (Lipinski definition) is 0. The van der Waals surface area contributed by atoms with E-state index >= 15 is 0 Å². The van der Waals surface area contributed by atoms with Crippen molar-refractivity contribution in [2.24, 2.45) is 4.99 Å². The highest BCUT2D eigenvalue weighted by molar-refractivity contribution is 7.16. The molecule has 7 heteroatoms. The highest BCUT2D eigenvalue weighted by Crippen LogP contribution is 2.23. The molecule has 2 aromatic carbocycles. The minimum absolute atomic E-state index is 0.0170. The molecule has 1 aromatic heterocycles. The van der Waals surface area contributed by atoms with Crippen LogP contribution in [0.5, 0.6) is 0 Å². The van der Waals surface area contributed by atoms with Crippen LogP contribution in [-0.2, 0) is 21.4 Å². The molecule has 3 rings (SSSR count). The first kappa shape index (κ1) is 23.9. The summed E-state index contributed by atoms with van der Waals surface area (Å²) < 4.78 is 13.5. The van der Waals surface area contributed by atoms with E-state index in [0.717, 1.165) is 15.8 Å². The van der Waals surface area contributed by atoms with Gasteiger partial charge in [0.1, 0.15) is 0 Å². The highest BCUT2D eigenvalue weighted by atomic mass is 32.1. The minimum atomic E-state index is -0.364. The van der Waals surface area contributed by atoms with E-state index in [2.05, 4.69) is 25.8 Å². The molecule has 0 atom stereocenters. The van der Waals surface area contributed by atoms with Crippen molar-refractivity contribution < 1.29 is 19.1 Å². The lowest BCUT2D eigenvalue weighted by molar-refractivity contribution is 0.0526. The standard InChI is InChI=1S/C25H30N2O4S/c1-6-30-15-14-27-20-13-10-18(23(29)31-7-2)16-21(20)32-24(27)26-22(28)17-8-11-19(12-9-17)25(3,4)5/h8-13,16H,6-7,14-15H2,1-5H3. The Balaban J connectivity index is 2.02. The van der Waals surface area contributed by atoms with Crippen molar-refractivity contribution in [2.75, 3.05) is 19.8 Å². The first-order valence-corrected chi connectivity index (χ1v) is 11.6. The van der Waals surface area contributed by atoms with Crippen LogP contribution >= 0.6 is 11.3 Å². The van der Waals surface area contributed by atoms with Crippen LogP contribution in [0.2, 0.25) is 0 Å². The number of fused-ring (bicyclic) bond motifs is 1. The Hall–Kier alpha value is -2.77. The number of aromatic nitrogens is 1. The number of carbonyl (C=O) groups is 2. The molecule has 3 aromatic rings. The molecule has 1 amide bonds. The quantitative estimate of drug-likeness (QED) is 0.374. The van der Waals surface area contributed by atoms with Gasteiger partial charge in [0.2, 0.25) is 0 Å². The van der Waals surface area contributed by atoms with Gasteiger partial charge in [-0.25, -0.2) is 4.79 Å². The van der Waals surface area contributed by atoms with Crippen LogP contribution in [0.25, 0.3) is 10.2 Å². The lowest BCUT2D eigenvalue weighted by Crippen LogP contribution is -2.20. The van der Waals surface area contributed by atoms with Gasteiger partial charge in [0.25, 0.3) is 5.91 Å². The van der Waals surface area contributed by atoms with Crippen molar-refractivity contribution in [1.29, 1.82) is 0 Å². The Kier molecular flexibility index (Phi) is 7.64. The van der Waals surface area contributed by atoms with Gasteiger partial charge in [-0.15, -0.1) is 0 Å². The van der Waals surface area contributed by atoms with Gasteiger partial charge in [-0.2, -0.15) is 4.99 Å². The number of thiazole rings is 1. The third-order valence-corrected chi connectivity index (χ3v) is 6.09. The van der Waals surface area contributed by atoms with E-state index in [-0.39, 0.29) is 17.3 Å². The van der Waals surface area contributed by atoms with E-state index in [9.17, 15) is 9.59 Å². The van der Waals surface area contributed by atoms with Gasteiger partial charge in [0, 0.05) is 18.7 Å². The van der Waals surface area contributed by atoms with Gasteiger partial charge in [-0.05, 0) is 55.2 Å². The summed E-state index contributed by atoms with van der Waals surface area (Å²) in [7, 11) is 0. The topological polar surface area (TPSA) is 69.9 Å². The number of ether oxygens (including phenoxy) is 2. The van der Waals surface area contributed by atoms with E-state index in [1.54, 1.807) is 19.1 Å². The number of esters is 1. The van der Waals surface area contributed by atoms with Crippen LogP contribution in [0, 0.1) is 0 Å². The van der Waals surface area contributed by atoms with Crippen LogP contribution in [-0.4, -0.2) is 36.3 Å². The molecule has 0 aliphatic rings. The molecular formula is C25H30N2O4S. The van der Waals surface area contributed by atoms with E-state index in [1.165, 1.54) is 11.3 Å². The summed E-state index contributed by atoms with van der Waals surface area (Å²) in [5.41, 5.74) is 3.10. The maximum atomic E-state index is 12.9. The molecular weight excluding hydrogens is 424 g/mol. The molecule has 0 radical (unpaired) electrons. The maximum absolute atomic E-state index is 12.9. The zero-order valence-electron chi connectivity index (χ0n) is 19.3. The molecule has 170 valence electrons. The Morgan fingerprint density at radius 1 is 1.00 bits per heavy atom. The first-order valence-electron chi connectivity index (χ1n) is 10.8. The van der Waals surface area contributed by atoms with Crippen LogP contribution < -0.4 is 4.80 Å². The second-order valence-corrected chi connectivity index (χ2v) is 9.39. The summed E-state index contributed by atoms with van der Waals surface area (Å²) in [5, 5.41) is 0. The summed E-state index contributed by atoms with van der Waals surface area (Å²) >= 11 is 1.37. The Morgan fingerprint density at radius 2 is 1.69 bits per heavy atom. The second kappa shape index (κ2) is 10.2. The van der Waals surface area contributed by atoms with Gasteiger partial charge in [-0.3, -0.25) is 4.79 Å². The molecule has 0 spiro atoms. The fourth-order valence-corrected chi connectivity index (χ4v) is 4.37. The first-order chi connectivity index (χ1) is 15.2. The predicted molar refractivity (Wildman–Crippen MR) is 127 cm³/mol. The Labute approximate surface area is 192 Å². The molecule has 0 aliphatic carbocycles. The number of carbonyl (C=O) groups excluding carboxylic acids is 2. The van der Waals surface area contributed by atoms with E-state index in [1.807, 2.05) is 41.8 Å². The van der Waals surface area contributed by atoms with Gasteiger partial charge >= 0.3 is 5.97 Å². The summed E-state index contributed by atoms with van der Waals surface area (Å²) in [5.74, 6) is -0.662. The lowest BCUT2D eigenvalue weighted by Gasteiger charge is -2.18. The minimum Gasteiger partial charge on any atom is -0.462 e. The molecule has 0 fully saturated rings. The van der Waals surface area contributed by atoms with Crippen molar-refractivity contribution in [2.45, 2.75) is 46.6 Å². The summed E-state index contributed by atoms with van der Waals surface area (Å²) in [6, 6.07) is 13.0. The molecule has 6 nitrogen and oxygen atoms in total. The van der Waals surface area contributed by atoms with Crippen molar-refractivity contribution >= 4 is 33.4 Å². The van der Waals surface area contributed by atoms with E-state index in [4.69, 9.17) is 9.47 Å². The number of hydrogen-bond acceptors (Lipinski definition) is 5. The third kappa shape index (κ3) is 5.53. The normalized spacial score (nSPS) is 12.3. The molecule has 0 saturated heterocycles. The molecule has 32 heavy (non-hydrogen) atoms. The average Bonchev–Trinajstić information content (AvgIpc) is 3.09. The number of nitrogens with zero attached hydrogens (tertiary/aromatic N) is 2.